The van der Waals surface area contributed by atoms with Gasteiger partial charge in [-0.3, -0.25) is 0 Å². The van der Waals surface area contributed by atoms with Gasteiger partial charge in [-0.05, 0) is 17.7 Å². The highest BCUT2D eigenvalue weighted by Gasteiger charge is 1.99. The third kappa shape index (κ3) is 3.34. The SMILES string of the molecule is CC.COc1ccc(CN)cc1O. The normalized spacial score (nSPS) is 8.62. The van der Waals surface area contributed by atoms with Crippen LogP contribution in [0.4, 0.5) is 0 Å². The summed E-state index contributed by atoms with van der Waals surface area (Å²) in [7, 11) is 1.51. The summed E-state index contributed by atoms with van der Waals surface area (Å²) in [5.41, 5.74) is 6.25. The Morgan fingerprint density at radius 1 is 1.38 bits per heavy atom. The smallest absolute Gasteiger partial charge is 0.160 e. The van der Waals surface area contributed by atoms with Gasteiger partial charge in [0.25, 0.3) is 0 Å². The van der Waals surface area contributed by atoms with Gasteiger partial charge in [0.1, 0.15) is 0 Å². The quantitative estimate of drug-likeness (QED) is 0.736. The van der Waals surface area contributed by atoms with E-state index in [0.717, 1.165) is 5.56 Å². The predicted octanol–water partition coefficient (Wildman–Crippen LogP) is 1.89. The molecule has 74 valence electrons. The van der Waals surface area contributed by atoms with Gasteiger partial charge in [-0.25, -0.2) is 0 Å². The zero-order valence-electron chi connectivity index (χ0n) is 8.37. The molecule has 13 heavy (non-hydrogen) atoms. The number of phenolic OH excluding ortho intramolecular Hbond substituents is 1. The van der Waals surface area contributed by atoms with Crippen LogP contribution in [0.2, 0.25) is 0 Å². The van der Waals surface area contributed by atoms with Crippen molar-refractivity contribution >= 4 is 0 Å². The van der Waals surface area contributed by atoms with E-state index in [9.17, 15) is 5.11 Å². The van der Waals surface area contributed by atoms with Gasteiger partial charge in [-0.15, -0.1) is 0 Å². The molecule has 0 spiro atoms. The molecule has 0 unspecified atom stereocenters. The van der Waals surface area contributed by atoms with E-state index in [0.29, 0.717) is 12.3 Å². The summed E-state index contributed by atoms with van der Waals surface area (Å²) >= 11 is 0. The van der Waals surface area contributed by atoms with Crippen molar-refractivity contribution in [3.63, 3.8) is 0 Å². The molecule has 0 saturated carbocycles. The monoisotopic (exact) mass is 183 g/mol. The van der Waals surface area contributed by atoms with E-state index in [2.05, 4.69) is 0 Å². The van der Waals surface area contributed by atoms with E-state index in [1.165, 1.54) is 7.11 Å². The number of rotatable bonds is 2. The van der Waals surface area contributed by atoms with Gasteiger partial charge in [-0.2, -0.15) is 0 Å². The van der Waals surface area contributed by atoms with Crippen molar-refractivity contribution in [1.82, 2.24) is 0 Å². The summed E-state index contributed by atoms with van der Waals surface area (Å²) in [6, 6.07) is 5.11. The summed E-state index contributed by atoms with van der Waals surface area (Å²) in [4.78, 5) is 0. The molecule has 0 aromatic heterocycles. The van der Waals surface area contributed by atoms with Crippen LogP contribution in [0.1, 0.15) is 19.4 Å². The first-order valence-corrected chi connectivity index (χ1v) is 4.34. The molecule has 3 heteroatoms. The molecule has 3 nitrogen and oxygen atoms in total. The number of phenols is 1. The molecular formula is C10H17NO2. The van der Waals surface area contributed by atoms with E-state index < -0.39 is 0 Å². The van der Waals surface area contributed by atoms with E-state index in [1.54, 1.807) is 12.1 Å². The molecule has 0 aliphatic carbocycles. The van der Waals surface area contributed by atoms with E-state index in [1.807, 2.05) is 19.9 Å². The molecule has 1 rings (SSSR count). The molecule has 0 fully saturated rings. The first-order valence-electron chi connectivity index (χ1n) is 4.34. The maximum atomic E-state index is 9.24. The second kappa shape index (κ2) is 6.31. The summed E-state index contributed by atoms with van der Waals surface area (Å²) in [5, 5.41) is 9.24. The number of methoxy groups -OCH3 is 1. The highest BCUT2D eigenvalue weighted by Crippen LogP contribution is 2.25. The van der Waals surface area contributed by atoms with Crippen LogP contribution in [0.25, 0.3) is 0 Å². The summed E-state index contributed by atoms with van der Waals surface area (Å²) in [6.07, 6.45) is 0. The first kappa shape index (κ1) is 11.8. The van der Waals surface area contributed by atoms with Crippen LogP contribution in [-0.2, 0) is 6.54 Å². The van der Waals surface area contributed by atoms with Crippen LogP contribution in [0.15, 0.2) is 18.2 Å². The van der Waals surface area contributed by atoms with Crippen molar-refractivity contribution in [2.75, 3.05) is 7.11 Å². The third-order valence-electron chi connectivity index (χ3n) is 1.48. The van der Waals surface area contributed by atoms with Crippen molar-refractivity contribution in [2.24, 2.45) is 5.73 Å². The average Bonchev–Trinajstić information content (AvgIpc) is 2.20. The fraction of sp³-hybridized carbons (Fsp3) is 0.400. The molecule has 0 aliphatic heterocycles. The lowest BCUT2D eigenvalue weighted by molar-refractivity contribution is 0.373. The Kier molecular flexibility index (Phi) is 5.72. The molecule has 0 atom stereocenters. The number of nitrogens with two attached hydrogens (primary N) is 1. The maximum Gasteiger partial charge on any atom is 0.160 e. The molecule has 0 saturated heterocycles. The van der Waals surface area contributed by atoms with Crippen LogP contribution < -0.4 is 10.5 Å². The van der Waals surface area contributed by atoms with Gasteiger partial charge in [0.05, 0.1) is 7.11 Å². The molecule has 0 heterocycles. The topological polar surface area (TPSA) is 55.5 Å². The summed E-state index contributed by atoms with van der Waals surface area (Å²) in [5.74, 6) is 0.609. The zero-order valence-corrected chi connectivity index (χ0v) is 8.37. The van der Waals surface area contributed by atoms with Crippen molar-refractivity contribution in [3.8, 4) is 11.5 Å². The fourth-order valence-electron chi connectivity index (χ4n) is 0.863. The van der Waals surface area contributed by atoms with Gasteiger partial charge in [-0.1, -0.05) is 19.9 Å². The number of aromatic hydroxyl groups is 1. The lowest BCUT2D eigenvalue weighted by atomic mass is 10.2. The number of hydrogen-bond acceptors (Lipinski definition) is 3. The number of benzene rings is 1. The lowest BCUT2D eigenvalue weighted by Crippen LogP contribution is -1.95. The minimum atomic E-state index is 0.135. The summed E-state index contributed by atoms with van der Waals surface area (Å²) < 4.78 is 4.85. The predicted molar refractivity (Wildman–Crippen MR) is 53.9 cm³/mol. The average molecular weight is 183 g/mol. The fourth-order valence-corrected chi connectivity index (χ4v) is 0.863. The minimum absolute atomic E-state index is 0.135. The molecule has 3 N–H and O–H groups in total. The Morgan fingerprint density at radius 2 is 2.00 bits per heavy atom. The van der Waals surface area contributed by atoms with Crippen LogP contribution in [0.5, 0.6) is 11.5 Å². The van der Waals surface area contributed by atoms with Crippen molar-refractivity contribution in [3.05, 3.63) is 23.8 Å². The Labute approximate surface area is 79.1 Å². The van der Waals surface area contributed by atoms with E-state index in [-0.39, 0.29) is 5.75 Å². The molecule has 1 aromatic rings. The van der Waals surface area contributed by atoms with Crippen LogP contribution in [0, 0.1) is 0 Å². The highest BCUT2D eigenvalue weighted by molar-refractivity contribution is 5.41. The second-order valence-corrected chi connectivity index (χ2v) is 2.21. The first-order chi connectivity index (χ1) is 6.27. The van der Waals surface area contributed by atoms with Crippen LogP contribution in [0.3, 0.4) is 0 Å². The van der Waals surface area contributed by atoms with Crippen molar-refractivity contribution < 1.29 is 9.84 Å². The highest BCUT2D eigenvalue weighted by atomic mass is 16.5. The van der Waals surface area contributed by atoms with Gasteiger partial charge in [0, 0.05) is 6.54 Å². The van der Waals surface area contributed by atoms with E-state index in [4.69, 9.17) is 10.5 Å². The maximum absolute atomic E-state index is 9.24. The molecular weight excluding hydrogens is 166 g/mol. The molecule has 0 bridgehead atoms. The van der Waals surface area contributed by atoms with Crippen LogP contribution >= 0.6 is 0 Å². The standard InChI is InChI=1S/C8H11NO2.C2H6/c1-11-8-3-2-6(5-9)4-7(8)10;1-2/h2-4,10H,5,9H2,1H3;1-2H3. The molecule has 0 radical (unpaired) electrons. The minimum Gasteiger partial charge on any atom is -0.504 e. The van der Waals surface area contributed by atoms with Gasteiger partial charge in [0.15, 0.2) is 11.5 Å². The molecule has 0 amide bonds. The molecule has 0 aliphatic rings. The lowest BCUT2D eigenvalue weighted by Gasteiger charge is -2.03. The molecule has 1 aromatic carbocycles. The number of ether oxygens (including phenoxy) is 1. The Bertz CT molecular complexity index is 249. The number of hydrogen-bond donors (Lipinski definition) is 2. The Morgan fingerprint density at radius 3 is 2.38 bits per heavy atom. The van der Waals surface area contributed by atoms with Gasteiger partial charge >= 0.3 is 0 Å². The van der Waals surface area contributed by atoms with Gasteiger partial charge in [0.2, 0.25) is 0 Å². The third-order valence-corrected chi connectivity index (χ3v) is 1.48. The van der Waals surface area contributed by atoms with Crippen molar-refractivity contribution in [2.45, 2.75) is 20.4 Å². The second-order valence-electron chi connectivity index (χ2n) is 2.21. The van der Waals surface area contributed by atoms with Crippen LogP contribution in [-0.4, -0.2) is 12.2 Å². The van der Waals surface area contributed by atoms with Gasteiger partial charge < -0.3 is 15.6 Å². The zero-order chi connectivity index (χ0) is 10.3. The summed E-state index contributed by atoms with van der Waals surface area (Å²) in [6.45, 7) is 4.43. The largest absolute Gasteiger partial charge is 0.504 e. The van der Waals surface area contributed by atoms with Crippen molar-refractivity contribution in [1.29, 1.82) is 0 Å². The Hall–Kier alpha value is -1.22. The van der Waals surface area contributed by atoms with E-state index >= 15 is 0 Å². The Balaban J connectivity index is 0.000000671.